The zero-order valence-corrected chi connectivity index (χ0v) is 17.1. The number of carbonyl (C=O) groups excluding carboxylic acids is 1. The van der Waals surface area contributed by atoms with Gasteiger partial charge in [0.15, 0.2) is 0 Å². The van der Waals surface area contributed by atoms with Crippen molar-refractivity contribution in [3.05, 3.63) is 71.5 Å². The number of hydrogen-bond acceptors (Lipinski definition) is 4. The number of amides is 1. The summed E-state index contributed by atoms with van der Waals surface area (Å²) in [5.41, 5.74) is 6.54. The number of carbonyl (C=O) groups is 1. The van der Waals surface area contributed by atoms with E-state index in [9.17, 15) is 4.79 Å². The molecule has 1 aromatic heterocycles. The van der Waals surface area contributed by atoms with Crippen LogP contribution in [0, 0.1) is 13.8 Å². The second kappa shape index (κ2) is 8.52. The van der Waals surface area contributed by atoms with Gasteiger partial charge in [-0.15, -0.1) is 0 Å². The van der Waals surface area contributed by atoms with Crippen molar-refractivity contribution in [3.8, 4) is 11.3 Å². The molecule has 0 spiro atoms. The van der Waals surface area contributed by atoms with Crippen LogP contribution in [0.4, 0.5) is 5.69 Å². The third kappa shape index (κ3) is 4.50. The summed E-state index contributed by atoms with van der Waals surface area (Å²) in [6.45, 7) is 7.44. The van der Waals surface area contributed by atoms with Crippen LogP contribution in [0.2, 0.25) is 0 Å². The van der Waals surface area contributed by atoms with Crippen LogP contribution in [-0.4, -0.2) is 42.1 Å². The molecule has 4 rings (SSSR count). The fourth-order valence-corrected chi connectivity index (χ4v) is 3.90. The Morgan fingerprint density at radius 3 is 2.45 bits per heavy atom. The monoisotopic (exact) mass is 389 g/mol. The highest BCUT2D eigenvalue weighted by Crippen LogP contribution is 2.24. The fraction of sp³-hybridized carbons (Fsp3) is 0.333. The number of piperazine rings is 1. The summed E-state index contributed by atoms with van der Waals surface area (Å²) in [6.07, 6.45) is 2.79. The molecule has 5 nitrogen and oxygen atoms in total. The molecule has 0 bridgehead atoms. The number of rotatable bonds is 5. The zero-order valence-electron chi connectivity index (χ0n) is 17.1. The van der Waals surface area contributed by atoms with Gasteiger partial charge in [0.05, 0.1) is 0 Å². The van der Waals surface area contributed by atoms with Gasteiger partial charge in [-0.3, -0.25) is 4.79 Å². The second-order valence-corrected chi connectivity index (χ2v) is 7.76. The average Bonchev–Trinajstić information content (AvgIpc) is 3.21. The third-order valence-corrected chi connectivity index (χ3v) is 5.54. The molecule has 0 radical (unpaired) electrons. The summed E-state index contributed by atoms with van der Waals surface area (Å²) in [4.78, 5) is 17.1. The summed E-state index contributed by atoms with van der Waals surface area (Å²) in [5, 5.41) is 4.16. The van der Waals surface area contributed by atoms with Gasteiger partial charge in [0.1, 0.15) is 12.0 Å². The molecule has 2 heterocycles. The van der Waals surface area contributed by atoms with E-state index in [0.29, 0.717) is 12.8 Å². The molecule has 0 unspecified atom stereocenters. The van der Waals surface area contributed by atoms with Crippen molar-refractivity contribution in [3.63, 3.8) is 0 Å². The lowest BCUT2D eigenvalue weighted by Crippen LogP contribution is -2.48. The van der Waals surface area contributed by atoms with Gasteiger partial charge in [-0.25, -0.2) is 0 Å². The minimum Gasteiger partial charge on any atom is -0.368 e. The molecule has 0 atom stereocenters. The second-order valence-electron chi connectivity index (χ2n) is 7.76. The van der Waals surface area contributed by atoms with E-state index < -0.39 is 0 Å². The van der Waals surface area contributed by atoms with Gasteiger partial charge in [0, 0.05) is 49.4 Å². The molecule has 5 heteroatoms. The van der Waals surface area contributed by atoms with E-state index in [2.05, 4.69) is 60.3 Å². The highest BCUT2D eigenvalue weighted by atomic mass is 16.5. The van der Waals surface area contributed by atoms with Crippen LogP contribution in [0.15, 0.2) is 59.3 Å². The SMILES string of the molecule is Cc1cccc(-c2nocc2CCC(=O)N2CCN(c3cccc(C)c3)CC2)c1. The fourth-order valence-electron chi connectivity index (χ4n) is 3.90. The highest BCUT2D eigenvalue weighted by Gasteiger charge is 2.22. The Balaban J connectivity index is 1.33. The van der Waals surface area contributed by atoms with E-state index in [1.807, 2.05) is 17.0 Å². The number of aryl methyl sites for hydroxylation is 3. The van der Waals surface area contributed by atoms with Gasteiger partial charge in [0.25, 0.3) is 0 Å². The highest BCUT2D eigenvalue weighted by molar-refractivity contribution is 5.77. The number of hydrogen-bond donors (Lipinski definition) is 0. The first-order valence-electron chi connectivity index (χ1n) is 10.2. The summed E-state index contributed by atoms with van der Waals surface area (Å²) < 4.78 is 5.21. The molecule has 0 saturated carbocycles. The molecule has 1 amide bonds. The molecule has 29 heavy (non-hydrogen) atoms. The molecule has 1 aliphatic rings. The van der Waals surface area contributed by atoms with E-state index in [4.69, 9.17) is 4.52 Å². The van der Waals surface area contributed by atoms with Gasteiger partial charge in [-0.05, 0) is 44.0 Å². The lowest BCUT2D eigenvalue weighted by molar-refractivity contribution is -0.131. The average molecular weight is 389 g/mol. The number of nitrogens with zero attached hydrogens (tertiary/aromatic N) is 3. The lowest BCUT2D eigenvalue weighted by atomic mass is 10.0. The molecule has 2 aromatic carbocycles. The summed E-state index contributed by atoms with van der Waals surface area (Å²) in [5.74, 6) is 0.199. The molecule has 1 fully saturated rings. The van der Waals surface area contributed by atoms with Crippen molar-refractivity contribution >= 4 is 11.6 Å². The maximum atomic E-state index is 12.7. The van der Waals surface area contributed by atoms with Crippen molar-refractivity contribution in [1.82, 2.24) is 10.1 Å². The van der Waals surface area contributed by atoms with Crippen LogP contribution in [-0.2, 0) is 11.2 Å². The predicted molar refractivity (Wildman–Crippen MR) is 115 cm³/mol. The van der Waals surface area contributed by atoms with Gasteiger partial charge in [0.2, 0.25) is 5.91 Å². The first kappa shape index (κ1) is 19.2. The molecular formula is C24H27N3O2. The number of aromatic nitrogens is 1. The van der Waals surface area contributed by atoms with Crippen molar-refractivity contribution in [2.45, 2.75) is 26.7 Å². The zero-order chi connectivity index (χ0) is 20.2. The number of anilines is 1. The van der Waals surface area contributed by atoms with Crippen LogP contribution in [0.5, 0.6) is 0 Å². The van der Waals surface area contributed by atoms with Gasteiger partial charge >= 0.3 is 0 Å². The van der Waals surface area contributed by atoms with Gasteiger partial charge in [-0.2, -0.15) is 0 Å². The van der Waals surface area contributed by atoms with Crippen molar-refractivity contribution in [1.29, 1.82) is 0 Å². The van der Waals surface area contributed by atoms with Crippen molar-refractivity contribution in [2.75, 3.05) is 31.1 Å². The lowest BCUT2D eigenvalue weighted by Gasteiger charge is -2.36. The summed E-state index contributed by atoms with van der Waals surface area (Å²) in [6, 6.07) is 16.7. The Hall–Kier alpha value is -3.08. The molecule has 150 valence electrons. The molecule has 3 aromatic rings. The van der Waals surface area contributed by atoms with Crippen LogP contribution >= 0.6 is 0 Å². The molecule has 1 aliphatic heterocycles. The van der Waals surface area contributed by atoms with Gasteiger partial charge in [-0.1, -0.05) is 41.1 Å². The summed E-state index contributed by atoms with van der Waals surface area (Å²) >= 11 is 0. The maximum Gasteiger partial charge on any atom is 0.223 e. The first-order chi connectivity index (χ1) is 14.1. The maximum absolute atomic E-state index is 12.7. The smallest absolute Gasteiger partial charge is 0.223 e. The van der Waals surface area contributed by atoms with Crippen LogP contribution in [0.1, 0.15) is 23.1 Å². The minimum atomic E-state index is 0.199. The molecular weight excluding hydrogens is 362 g/mol. The molecule has 0 N–H and O–H groups in total. The molecule has 0 aliphatic carbocycles. The Morgan fingerprint density at radius 1 is 1.00 bits per heavy atom. The Labute approximate surface area is 171 Å². The van der Waals surface area contributed by atoms with Gasteiger partial charge < -0.3 is 14.3 Å². The number of benzene rings is 2. The Kier molecular flexibility index (Phi) is 5.65. The standard InChI is InChI=1S/C24H27N3O2/c1-18-5-3-7-20(15-18)24-21(17-29-25-24)9-10-23(28)27-13-11-26(12-14-27)22-8-4-6-19(2)16-22/h3-8,15-17H,9-14H2,1-2H3. The predicted octanol–water partition coefficient (Wildman–Crippen LogP) is 4.24. The van der Waals surface area contributed by atoms with Crippen molar-refractivity contribution in [2.24, 2.45) is 0 Å². The van der Waals surface area contributed by atoms with E-state index >= 15 is 0 Å². The largest absolute Gasteiger partial charge is 0.368 e. The first-order valence-corrected chi connectivity index (χ1v) is 10.2. The van der Waals surface area contributed by atoms with Crippen LogP contribution < -0.4 is 4.90 Å². The minimum absolute atomic E-state index is 0.199. The third-order valence-electron chi connectivity index (χ3n) is 5.54. The van der Waals surface area contributed by atoms with E-state index in [1.54, 1.807) is 6.26 Å². The van der Waals surface area contributed by atoms with Crippen molar-refractivity contribution < 1.29 is 9.32 Å². The topological polar surface area (TPSA) is 49.6 Å². The van der Waals surface area contributed by atoms with Crippen LogP contribution in [0.25, 0.3) is 11.3 Å². The molecule has 1 saturated heterocycles. The van der Waals surface area contributed by atoms with Crippen LogP contribution in [0.3, 0.4) is 0 Å². The normalized spacial score (nSPS) is 14.3. The quantitative estimate of drug-likeness (QED) is 0.655. The Bertz CT molecular complexity index is 987. The van der Waals surface area contributed by atoms with E-state index in [1.165, 1.54) is 16.8 Å². The van der Waals surface area contributed by atoms with E-state index in [-0.39, 0.29) is 5.91 Å². The Morgan fingerprint density at radius 2 is 1.72 bits per heavy atom. The summed E-state index contributed by atoms with van der Waals surface area (Å²) in [7, 11) is 0. The van der Waals surface area contributed by atoms with E-state index in [0.717, 1.165) is 43.0 Å².